The number of tetrazole rings is 1. The molecule has 2 heterocycles. The van der Waals surface area contributed by atoms with Crippen molar-refractivity contribution in [1.29, 1.82) is 0 Å². The van der Waals surface area contributed by atoms with Crippen LogP contribution in [0.2, 0.25) is 0 Å². The molecule has 8 nitrogen and oxygen atoms in total. The van der Waals surface area contributed by atoms with Gasteiger partial charge in [0.15, 0.2) is 0 Å². The number of carbonyl (C=O) groups is 1. The molecule has 1 aromatic carbocycles. The van der Waals surface area contributed by atoms with Crippen LogP contribution in [-0.4, -0.2) is 45.8 Å². The molecular weight excluding hydrogens is 320 g/mol. The molecule has 0 bridgehead atoms. The first-order valence-electron chi connectivity index (χ1n) is 7.23. The van der Waals surface area contributed by atoms with Crippen LogP contribution in [0.15, 0.2) is 24.5 Å². The lowest BCUT2D eigenvalue weighted by Crippen LogP contribution is -2.43. The predicted octanol–water partition coefficient (Wildman–Crippen LogP) is 1.17. The van der Waals surface area contributed by atoms with Crippen LogP contribution in [0.1, 0.15) is 19.3 Å². The van der Waals surface area contributed by atoms with Crippen LogP contribution in [0.3, 0.4) is 0 Å². The zero-order valence-corrected chi connectivity index (χ0v) is 13.5. The van der Waals surface area contributed by atoms with E-state index in [1.165, 1.54) is 11.0 Å². The van der Waals surface area contributed by atoms with Crippen LogP contribution in [0, 0.1) is 0 Å². The van der Waals surface area contributed by atoms with Crippen molar-refractivity contribution in [3.8, 4) is 11.4 Å². The Morgan fingerprint density at radius 1 is 1.43 bits per heavy atom. The lowest BCUT2D eigenvalue weighted by Gasteiger charge is -2.22. The summed E-state index contributed by atoms with van der Waals surface area (Å²) in [6, 6.07) is 5.23. The Morgan fingerprint density at radius 3 is 2.96 bits per heavy atom. The highest BCUT2D eigenvalue weighted by Crippen LogP contribution is 2.25. The van der Waals surface area contributed by atoms with Crippen molar-refractivity contribution in [2.45, 2.75) is 25.3 Å². The monoisotopic (exact) mass is 338 g/mol. The smallest absolute Gasteiger partial charge is 0.241 e. The van der Waals surface area contributed by atoms with Gasteiger partial charge in [0.25, 0.3) is 0 Å². The number of hydrogen-bond acceptors (Lipinski definition) is 6. The second-order valence-corrected chi connectivity index (χ2v) is 5.13. The molecule has 0 spiro atoms. The first-order chi connectivity index (χ1) is 10.8. The molecule has 1 unspecified atom stereocenters. The van der Waals surface area contributed by atoms with Crippen molar-refractivity contribution in [2.24, 2.45) is 0 Å². The summed E-state index contributed by atoms with van der Waals surface area (Å²) in [6.45, 7) is 0.885. The number of piperidine rings is 1. The SMILES string of the molecule is COc1ccc(NC(=O)C2CCCCN2)cc1-n1cnnn1.Cl. The number of anilines is 1. The van der Waals surface area contributed by atoms with Crippen LogP contribution >= 0.6 is 12.4 Å². The Kier molecular flexibility index (Phi) is 5.89. The predicted molar refractivity (Wildman–Crippen MR) is 87.2 cm³/mol. The van der Waals surface area contributed by atoms with E-state index in [1.54, 1.807) is 25.3 Å². The Hall–Kier alpha value is -2.19. The zero-order chi connectivity index (χ0) is 15.4. The number of carbonyl (C=O) groups excluding carboxylic acids is 1. The largest absolute Gasteiger partial charge is 0.494 e. The topological polar surface area (TPSA) is 94.0 Å². The van der Waals surface area contributed by atoms with Crippen LogP contribution in [0.4, 0.5) is 5.69 Å². The quantitative estimate of drug-likeness (QED) is 0.869. The molecule has 0 aliphatic carbocycles. The molecule has 0 saturated carbocycles. The molecule has 0 radical (unpaired) electrons. The molecule has 1 aromatic heterocycles. The minimum absolute atomic E-state index is 0. The van der Waals surface area contributed by atoms with Crippen LogP contribution in [0.5, 0.6) is 5.75 Å². The summed E-state index contributed by atoms with van der Waals surface area (Å²) in [6.07, 6.45) is 4.54. The number of benzene rings is 1. The highest BCUT2D eigenvalue weighted by atomic mass is 35.5. The van der Waals surface area contributed by atoms with Gasteiger partial charge in [0.2, 0.25) is 5.91 Å². The van der Waals surface area contributed by atoms with Gasteiger partial charge in [-0.15, -0.1) is 17.5 Å². The van der Waals surface area contributed by atoms with Gasteiger partial charge in [-0.1, -0.05) is 6.42 Å². The maximum Gasteiger partial charge on any atom is 0.241 e. The summed E-state index contributed by atoms with van der Waals surface area (Å²) in [7, 11) is 1.58. The fourth-order valence-corrected chi connectivity index (χ4v) is 2.52. The molecule has 3 rings (SSSR count). The summed E-state index contributed by atoms with van der Waals surface area (Å²) < 4.78 is 6.80. The Balaban J connectivity index is 0.00000192. The van der Waals surface area contributed by atoms with Crippen molar-refractivity contribution in [1.82, 2.24) is 25.5 Å². The Morgan fingerprint density at radius 2 is 2.30 bits per heavy atom. The second-order valence-electron chi connectivity index (χ2n) is 5.13. The molecule has 2 aromatic rings. The summed E-state index contributed by atoms with van der Waals surface area (Å²) in [5.74, 6) is 0.605. The molecule has 2 N–H and O–H groups in total. The van der Waals surface area contributed by atoms with E-state index < -0.39 is 0 Å². The lowest BCUT2D eigenvalue weighted by atomic mass is 10.0. The average molecular weight is 339 g/mol. The average Bonchev–Trinajstić information content (AvgIpc) is 3.10. The van der Waals surface area contributed by atoms with Gasteiger partial charge in [-0.3, -0.25) is 4.79 Å². The maximum absolute atomic E-state index is 12.3. The summed E-state index contributed by atoms with van der Waals surface area (Å²) in [4.78, 5) is 12.3. The molecule has 1 fully saturated rings. The van der Waals surface area contributed by atoms with Crippen LogP contribution in [-0.2, 0) is 4.79 Å². The van der Waals surface area contributed by atoms with Gasteiger partial charge in [0.05, 0.1) is 13.2 Å². The van der Waals surface area contributed by atoms with Crippen molar-refractivity contribution in [3.63, 3.8) is 0 Å². The van der Waals surface area contributed by atoms with E-state index in [9.17, 15) is 4.79 Å². The van der Waals surface area contributed by atoms with E-state index in [0.29, 0.717) is 17.1 Å². The third-order valence-corrected chi connectivity index (χ3v) is 3.67. The number of nitrogens with one attached hydrogen (secondary N) is 2. The molecule has 1 atom stereocenters. The fourth-order valence-electron chi connectivity index (χ4n) is 2.52. The maximum atomic E-state index is 12.3. The van der Waals surface area contributed by atoms with E-state index in [-0.39, 0.29) is 24.4 Å². The first-order valence-corrected chi connectivity index (χ1v) is 7.23. The standard InChI is InChI=1S/C14H18N6O2.ClH/c1-22-13-6-5-10(8-12(13)20-9-16-18-19-20)17-14(21)11-4-2-3-7-15-11;/h5-6,8-9,11,15H,2-4,7H2,1H3,(H,17,21);1H. The number of nitrogens with zero attached hydrogens (tertiary/aromatic N) is 4. The van der Waals surface area contributed by atoms with Crippen LogP contribution < -0.4 is 15.4 Å². The Bertz CT molecular complexity index is 643. The van der Waals surface area contributed by atoms with E-state index in [0.717, 1.165) is 25.8 Å². The second kappa shape index (κ2) is 7.89. The first kappa shape index (κ1) is 17.2. The normalized spacial score (nSPS) is 17.2. The summed E-state index contributed by atoms with van der Waals surface area (Å²) in [5.41, 5.74) is 1.35. The minimum atomic E-state index is -0.132. The van der Waals surface area contributed by atoms with Gasteiger partial charge in [-0.25, -0.2) is 0 Å². The lowest BCUT2D eigenvalue weighted by molar-refractivity contribution is -0.118. The number of methoxy groups -OCH3 is 1. The Labute approximate surface area is 140 Å². The highest BCUT2D eigenvalue weighted by Gasteiger charge is 2.20. The number of amides is 1. The molecule has 9 heteroatoms. The fraction of sp³-hybridized carbons (Fsp3) is 0.429. The van der Waals surface area contributed by atoms with Crippen molar-refractivity contribution < 1.29 is 9.53 Å². The van der Waals surface area contributed by atoms with Crippen molar-refractivity contribution in [3.05, 3.63) is 24.5 Å². The van der Waals surface area contributed by atoms with Crippen LogP contribution in [0.25, 0.3) is 5.69 Å². The zero-order valence-electron chi connectivity index (χ0n) is 12.7. The molecule has 23 heavy (non-hydrogen) atoms. The van der Waals surface area contributed by atoms with Gasteiger partial charge in [-0.2, -0.15) is 4.68 Å². The van der Waals surface area contributed by atoms with E-state index in [1.807, 2.05) is 0 Å². The van der Waals surface area contributed by atoms with Gasteiger partial charge in [-0.05, 0) is 48.0 Å². The van der Waals surface area contributed by atoms with Gasteiger partial charge >= 0.3 is 0 Å². The van der Waals surface area contributed by atoms with E-state index >= 15 is 0 Å². The molecule has 1 aliphatic heterocycles. The number of ether oxygens (including phenoxy) is 1. The molecule has 1 aliphatic rings. The number of halogens is 1. The summed E-state index contributed by atoms with van der Waals surface area (Å²) >= 11 is 0. The third kappa shape index (κ3) is 3.96. The number of rotatable bonds is 4. The van der Waals surface area contributed by atoms with E-state index in [4.69, 9.17) is 4.74 Å². The van der Waals surface area contributed by atoms with Gasteiger partial charge < -0.3 is 15.4 Å². The van der Waals surface area contributed by atoms with Gasteiger partial charge in [0, 0.05) is 5.69 Å². The third-order valence-electron chi connectivity index (χ3n) is 3.67. The van der Waals surface area contributed by atoms with Crippen molar-refractivity contribution >= 4 is 24.0 Å². The van der Waals surface area contributed by atoms with Gasteiger partial charge in [0.1, 0.15) is 17.8 Å². The van der Waals surface area contributed by atoms with Crippen molar-refractivity contribution in [2.75, 3.05) is 19.0 Å². The summed E-state index contributed by atoms with van der Waals surface area (Å²) in [5, 5.41) is 17.2. The molecule has 1 saturated heterocycles. The molecule has 124 valence electrons. The minimum Gasteiger partial charge on any atom is -0.494 e. The number of aromatic nitrogens is 4. The highest BCUT2D eigenvalue weighted by molar-refractivity contribution is 5.95. The molecular formula is C14H19ClN6O2. The number of hydrogen-bond donors (Lipinski definition) is 2. The van der Waals surface area contributed by atoms with E-state index in [2.05, 4.69) is 26.2 Å². The molecule has 1 amide bonds.